The third kappa shape index (κ3) is 23.6. The molecule has 31 nitrogen and oxygen atoms in total. The number of likely N-dealkylation sites (tertiary alicyclic amines) is 1. The summed E-state index contributed by atoms with van der Waals surface area (Å²) in [6.45, 7) is 7.05. The average molecular weight is 1380 g/mol. The number of carbonyl (C=O) groups excluding carboxylic acids is 11. The highest BCUT2D eigenvalue weighted by atomic mass is 32.1. The topological polar surface area (TPSA) is 486 Å². The fraction of sp³-hybridized carbons (Fsp3) is 0.540. The number of nitrogens with two attached hydrogens (primary N) is 2. The van der Waals surface area contributed by atoms with Crippen molar-refractivity contribution >= 4 is 107 Å². The van der Waals surface area contributed by atoms with Gasteiger partial charge in [0.15, 0.2) is 0 Å². The summed E-state index contributed by atoms with van der Waals surface area (Å²) in [4.78, 5) is 177. The Balaban J connectivity index is 1.30. The number of fused-ring (bicyclic) bond motifs is 1. The number of aromatic amines is 2. The lowest BCUT2D eigenvalue weighted by molar-refractivity contribution is -0.142. The first-order chi connectivity index (χ1) is 45.7. The molecule has 1 fully saturated rings. The molecular formula is C63H92N16O15S2. The number of H-pyrrole nitrogens is 2. The second-order valence-corrected chi connectivity index (χ2v) is 25.0. The van der Waals surface area contributed by atoms with Crippen LogP contribution < -0.4 is 64.6 Å². The van der Waals surface area contributed by atoms with Gasteiger partial charge in [0.1, 0.15) is 66.5 Å². The number of imidazole rings is 1. The van der Waals surface area contributed by atoms with Gasteiger partial charge in [0.05, 0.1) is 25.6 Å². The molecule has 5 rings (SSSR count). The molecule has 0 spiro atoms. The average Bonchev–Trinajstić information content (AvgIpc) is 2.00. The molecule has 0 saturated carbocycles. The number of aliphatic hydroxyl groups is 2. The maximum absolute atomic E-state index is 14.6. The maximum atomic E-state index is 14.6. The van der Waals surface area contributed by atoms with Gasteiger partial charge in [-0.15, -0.1) is 0 Å². The Labute approximate surface area is 566 Å². The number of thiol groups is 2. The quantitative estimate of drug-likeness (QED) is 0.0155. The number of nitrogens with zero attached hydrogens (tertiary/aromatic N) is 2. The number of carbonyl (C=O) groups is 12. The molecule has 0 radical (unpaired) electrons. The molecule has 1 saturated heterocycles. The minimum absolute atomic E-state index is 0.00395. The van der Waals surface area contributed by atoms with Gasteiger partial charge in [-0.25, -0.2) is 9.78 Å². The van der Waals surface area contributed by atoms with Gasteiger partial charge in [0, 0.05) is 66.3 Å². The van der Waals surface area contributed by atoms with Gasteiger partial charge in [-0.2, -0.15) is 25.3 Å². The number of rotatable bonds is 39. The van der Waals surface area contributed by atoms with Crippen LogP contribution in [0.5, 0.6) is 0 Å². The molecule has 526 valence electrons. The third-order valence-electron chi connectivity index (χ3n) is 15.9. The van der Waals surface area contributed by atoms with E-state index in [4.69, 9.17) is 11.5 Å². The first kappa shape index (κ1) is 78.1. The SMILES string of the molecule is CC(C)C[C@H](NC(=O)[C@@H]1CCCN1C(=O)CNC(=O)[C@H](Cc1ccccc1)NC(=O)[C@H](Cc1cnc[nH]1)NC(=O)[C@H](CS)NC(=O)[C@@H](N)CO)C(=O)N[C@H](C(=O)N[C@@H](Cc1c[nH]c2ccccc12)C(=O)N[C@H](C(=O)N[C@@H](CS)C(=O)N[C@@H](CCCCN)C(=O)O)C(C)C)[C@@H](C)O. The summed E-state index contributed by atoms with van der Waals surface area (Å²) in [5, 5.41) is 56.7. The Hall–Kier alpha value is -8.63. The van der Waals surface area contributed by atoms with Crippen LogP contribution in [0.3, 0.4) is 0 Å². The molecule has 11 amide bonds. The second kappa shape index (κ2) is 38.8. The zero-order valence-electron chi connectivity index (χ0n) is 54.3. The van der Waals surface area contributed by atoms with Gasteiger partial charge < -0.3 is 94.8 Å². The van der Waals surface area contributed by atoms with E-state index >= 15 is 0 Å². The fourth-order valence-corrected chi connectivity index (χ4v) is 11.1. The van der Waals surface area contributed by atoms with Crippen LogP contribution in [0.1, 0.15) is 90.0 Å². The van der Waals surface area contributed by atoms with Crippen LogP contribution in [0.25, 0.3) is 10.9 Å². The Morgan fingerprint density at radius 3 is 1.78 bits per heavy atom. The largest absolute Gasteiger partial charge is 0.480 e. The van der Waals surface area contributed by atoms with Crippen molar-refractivity contribution < 1.29 is 72.9 Å². The van der Waals surface area contributed by atoms with E-state index in [2.05, 4.69) is 93.4 Å². The van der Waals surface area contributed by atoms with E-state index in [9.17, 15) is 72.9 Å². The number of carboxylic acids is 1. The van der Waals surface area contributed by atoms with Gasteiger partial charge in [0.25, 0.3) is 0 Å². The Morgan fingerprint density at radius 2 is 1.19 bits per heavy atom. The molecular weight excluding hydrogens is 1280 g/mol. The maximum Gasteiger partial charge on any atom is 0.326 e. The van der Waals surface area contributed by atoms with Crippen molar-refractivity contribution in [2.75, 3.05) is 37.7 Å². The van der Waals surface area contributed by atoms with E-state index in [1.165, 1.54) is 24.3 Å². The second-order valence-electron chi connectivity index (χ2n) is 24.3. The van der Waals surface area contributed by atoms with Crippen LogP contribution in [-0.4, -0.2) is 216 Å². The highest BCUT2D eigenvalue weighted by Crippen LogP contribution is 2.22. The summed E-state index contributed by atoms with van der Waals surface area (Å²) >= 11 is 8.39. The predicted molar refractivity (Wildman–Crippen MR) is 359 cm³/mol. The standard InChI is InChI=1S/C63H92N16O15S2/c1-33(2)22-43(56(86)78-52(35(5)81)62(92)74-45(24-37-26-67-41-17-10-9-16-39(37)41)57(87)77-51(34(3)4)61(91)76-48(31-96)58(88)70-42(63(93)94)18-11-12-20-64)73-60(90)49-19-13-21-79(49)50(82)28-68-54(84)44(23-36-14-7-6-8-15-36)71-55(85)46(25-38-27-66-32-69-38)72-59(89)47(30-95)75-53(83)40(65)29-80/h6-10,14-17,26-27,32-35,40,42-49,51-52,67,80-81,95-96H,11-13,18-25,28-31,64-65H2,1-5H3,(H,66,69)(H,68,84)(H,70,88)(H,71,85)(H,72,89)(H,73,90)(H,74,92)(H,75,83)(H,76,91)(H,77,87)(H,78,86)(H,93,94)/t35-,40+,42+,43+,44+,45+,46+,47+,48+,49+,51+,52+/m1/s1. The lowest BCUT2D eigenvalue weighted by Gasteiger charge is -2.30. The molecule has 12 atom stereocenters. The van der Waals surface area contributed by atoms with Crippen LogP contribution in [0, 0.1) is 11.8 Å². The van der Waals surface area contributed by atoms with Crippen molar-refractivity contribution in [3.05, 3.63) is 90.1 Å². The summed E-state index contributed by atoms with van der Waals surface area (Å²) in [6.07, 6.45) is 3.87. The smallest absolute Gasteiger partial charge is 0.326 e. The van der Waals surface area contributed by atoms with Gasteiger partial charge in [-0.1, -0.05) is 76.2 Å². The number of benzene rings is 2. The molecule has 2 aromatic carbocycles. The summed E-state index contributed by atoms with van der Waals surface area (Å²) in [6, 6.07) is 0.664. The van der Waals surface area contributed by atoms with Gasteiger partial charge >= 0.3 is 5.97 Å². The first-order valence-electron chi connectivity index (χ1n) is 31.8. The molecule has 96 heavy (non-hydrogen) atoms. The number of unbranched alkanes of at least 4 members (excludes halogenated alkanes) is 1. The zero-order valence-corrected chi connectivity index (χ0v) is 56.1. The van der Waals surface area contributed by atoms with E-state index in [1.54, 1.807) is 88.5 Å². The van der Waals surface area contributed by atoms with Crippen molar-refractivity contribution in [1.82, 2.24) is 73.0 Å². The van der Waals surface area contributed by atoms with Crippen molar-refractivity contribution in [2.45, 2.75) is 165 Å². The van der Waals surface area contributed by atoms with E-state index in [-0.39, 0.29) is 62.5 Å². The summed E-state index contributed by atoms with van der Waals surface area (Å²) in [5.41, 5.74) is 13.5. The molecule has 19 N–H and O–H groups in total. The monoisotopic (exact) mass is 1380 g/mol. The lowest BCUT2D eigenvalue weighted by atomic mass is 9.99. The van der Waals surface area contributed by atoms with Crippen LogP contribution >= 0.6 is 25.3 Å². The van der Waals surface area contributed by atoms with Gasteiger partial charge in [-0.05, 0) is 81.0 Å². The Kier molecular flexibility index (Phi) is 31.6. The van der Waals surface area contributed by atoms with Crippen LogP contribution in [-0.2, 0) is 76.8 Å². The van der Waals surface area contributed by atoms with E-state index in [1.807, 2.05) is 0 Å². The van der Waals surface area contributed by atoms with Crippen molar-refractivity contribution in [1.29, 1.82) is 0 Å². The van der Waals surface area contributed by atoms with Crippen LogP contribution in [0.2, 0.25) is 0 Å². The Morgan fingerprint density at radius 1 is 0.635 bits per heavy atom. The highest BCUT2D eigenvalue weighted by molar-refractivity contribution is 7.80. The molecule has 1 aliphatic heterocycles. The number of aromatic nitrogens is 3. The number of aliphatic hydroxyl groups excluding tert-OH is 2. The number of aliphatic carboxylic acids is 1. The molecule has 2 aromatic heterocycles. The van der Waals surface area contributed by atoms with E-state index < -0.39 is 163 Å². The number of hydrogen-bond acceptors (Lipinski definition) is 19. The van der Waals surface area contributed by atoms with Crippen molar-refractivity contribution in [3.8, 4) is 0 Å². The predicted octanol–water partition coefficient (Wildman–Crippen LogP) is -3.14. The summed E-state index contributed by atoms with van der Waals surface area (Å²) < 4.78 is 0. The fourth-order valence-electron chi connectivity index (χ4n) is 10.6. The molecule has 4 aromatic rings. The third-order valence-corrected chi connectivity index (χ3v) is 16.7. The summed E-state index contributed by atoms with van der Waals surface area (Å²) in [5.74, 6) is -11.9. The summed E-state index contributed by atoms with van der Waals surface area (Å²) in [7, 11) is 0. The number of carboxylic acid groups (broad SMARTS) is 1. The minimum Gasteiger partial charge on any atom is -0.480 e. The van der Waals surface area contributed by atoms with E-state index in [0.29, 0.717) is 53.5 Å². The number of para-hydroxylation sites is 1. The Bertz CT molecular complexity index is 3280. The minimum atomic E-state index is -1.75. The van der Waals surface area contributed by atoms with Crippen LogP contribution in [0.15, 0.2) is 73.3 Å². The number of nitrogens with one attached hydrogen (secondary N) is 12. The lowest BCUT2D eigenvalue weighted by Crippen LogP contribution is -2.62. The molecule has 0 aliphatic carbocycles. The molecule has 1 aliphatic rings. The zero-order chi connectivity index (χ0) is 70.8. The van der Waals surface area contributed by atoms with Crippen molar-refractivity contribution in [3.63, 3.8) is 0 Å². The van der Waals surface area contributed by atoms with Crippen molar-refractivity contribution in [2.24, 2.45) is 23.3 Å². The first-order valence-corrected chi connectivity index (χ1v) is 33.0. The normalized spacial score (nSPS) is 16.4. The van der Waals surface area contributed by atoms with Gasteiger partial charge in [-0.3, -0.25) is 52.7 Å². The van der Waals surface area contributed by atoms with Crippen LogP contribution in [0.4, 0.5) is 0 Å². The molecule has 0 bridgehead atoms. The molecule has 3 heterocycles. The molecule has 33 heteroatoms. The number of amides is 11. The van der Waals surface area contributed by atoms with Gasteiger partial charge in [0.2, 0.25) is 65.0 Å². The highest BCUT2D eigenvalue weighted by Gasteiger charge is 2.40. The van der Waals surface area contributed by atoms with E-state index in [0.717, 1.165) is 0 Å². The number of hydrogen-bond donors (Lipinski definition) is 19. The molecule has 0 unspecified atom stereocenters.